The van der Waals surface area contributed by atoms with Crippen LogP contribution in [0.5, 0.6) is 0 Å². The molecule has 1 aliphatic rings. The van der Waals surface area contributed by atoms with Crippen LogP contribution in [0.2, 0.25) is 0 Å². The van der Waals surface area contributed by atoms with E-state index in [0.717, 1.165) is 41.3 Å². The van der Waals surface area contributed by atoms with E-state index < -0.39 is 0 Å². The summed E-state index contributed by atoms with van der Waals surface area (Å²) in [5, 5.41) is 7.73. The van der Waals surface area contributed by atoms with Crippen molar-refractivity contribution in [2.24, 2.45) is 5.92 Å². The molecule has 1 atom stereocenters. The molecule has 3 heterocycles. The fourth-order valence-corrected chi connectivity index (χ4v) is 4.26. The van der Waals surface area contributed by atoms with Gasteiger partial charge in [-0.15, -0.1) is 0 Å². The predicted molar refractivity (Wildman–Crippen MR) is 109 cm³/mol. The van der Waals surface area contributed by atoms with E-state index in [1.807, 2.05) is 18.3 Å². The topological polar surface area (TPSA) is 49.8 Å². The number of benzene rings is 1. The zero-order valence-corrected chi connectivity index (χ0v) is 15.6. The van der Waals surface area contributed by atoms with Gasteiger partial charge in [-0.3, -0.25) is 0 Å². The first-order valence-corrected chi connectivity index (χ1v) is 10.1. The number of hydrogen-bond donors (Lipinski definition) is 2. The van der Waals surface area contributed by atoms with Crippen molar-refractivity contribution in [2.75, 3.05) is 18.4 Å². The number of nitrogens with one attached hydrogen (secondary N) is 2. The first-order valence-electron chi connectivity index (χ1n) is 9.32. The summed E-state index contributed by atoms with van der Waals surface area (Å²) in [4.78, 5) is 10.5. The van der Waals surface area contributed by atoms with Crippen LogP contribution in [0.4, 0.5) is 10.9 Å². The fraction of sp³-hybridized carbons (Fsp3) is 0.333. The van der Waals surface area contributed by atoms with Gasteiger partial charge in [0.25, 0.3) is 0 Å². The average Bonchev–Trinajstić information content (AvgIpc) is 2.98. The highest BCUT2D eigenvalue weighted by Gasteiger charge is 2.13. The van der Waals surface area contributed by atoms with Crippen molar-refractivity contribution in [1.82, 2.24) is 15.3 Å². The number of anilines is 2. The standard InChI is InChI=1S/C21H24N4S/c1-2-7-17(8-3-1)19-15-23-21(26-19)25-20-10-4-9-18(24-20)14-16-6-5-12-22-13-11-16/h1-4,7-10,15-16,22H,5-6,11-14H2,(H,23,24,25)/t16-/m0/s1. The number of nitrogens with zero attached hydrogens (tertiary/aromatic N) is 2. The molecular formula is C21H24N4S. The number of thiazole rings is 1. The van der Waals surface area contributed by atoms with Crippen molar-refractivity contribution >= 4 is 22.3 Å². The molecule has 1 aliphatic heterocycles. The maximum absolute atomic E-state index is 4.81. The quantitative estimate of drug-likeness (QED) is 0.677. The van der Waals surface area contributed by atoms with E-state index in [9.17, 15) is 0 Å². The molecular weight excluding hydrogens is 340 g/mol. The van der Waals surface area contributed by atoms with Gasteiger partial charge in [0.15, 0.2) is 5.13 Å². The minimum absolute atomic E-state index is 0.734. The second-order valence-electron chi connectivity index (χ2n) is 6.79. The maximum atomic E-state index is 4.81. The van der Waals surface area contributed by atoms with Crippen molar-refractivity contribution in [3.63, 3.8) is 0 Å². The summed E-state index contributed by atoms with van der Waals surface area (Å²) in [7, 11) is 0. The molecule has 0 spiro atoms. The lowest BCUT2D eigenvalue weighted by Gasteiger charge is -2.13. The summed E-state index contributed by atoms with van der Waals surface area (Å²) >= 11 is 1.65. The molecule has 134 valence electrons. The summed E-state index contributed by atoms with van der Waals surface area (Å²) in [6, 6.07) is 16.6. The Labute approximate surface area is 158 Å². The Bertz CT molecular complexity index is 823. The molecule has 5 heteroatoms. The Morgan fingerprint density at radius 2 is 1.96 bits per heavy atom. The van der Waals surface area contributed by atoms with Crippen molar-refractivity contribution in [3.8, 4) is 10.4 Å². The van der Waals surface area contributed by atoms with Gasteiger partial charge in [0.2, 0.25) is 0 Å². The predicted octanol–water partition coefficient (Wildman–Crippen LogP) is 4.88. The van der Waals surface area contributed by atoms with Crippen LogP contribution in [0.25, 0.3) is 10.4 Å². The van der Waals surface area contributed by atoms with E-state index in [4.69, 9.17) is 4.98 Å². The molecule has 2 N–H and O–H groups in total. The minimum atomic E-state index is 0.734. The summed E-state index contributed by atoms with van der Waals surface area (Å²) in [6.07, 6.45) is 6.78. The molecule has 4 rings (SSSR count). The SMILES string of the molecule is c1ccc(-c2cnc(Nc3cccc(C[C@H]4CCCNCC4)n3)s2)cc1. The minimum Gasteiger partial charge on any atom is -0.317 e. The molecule has 1 fully saturated rings. The first-order chi connectivity index (χ1) is 12.9. The molecule has 3 aromatic rings. The van der Waals surface area contributed by atoms with Gasteiger partial charge >= 0.3 is 0 Å². The molecule has 4 nitrogen and oxygen atoms in total. The summed E-state index contributed by atoms with van der Waals surface area (Å²) in [5.74, 6) is 1.61. The third kappa shape index (κ3) is 4.48. The second kappa shape index (κ2) is 8.43. The number of pyridine rings is 1. The van der Waals surface area contributed by atoms with E-state index in [0.29, 0.717) is 0 Å². The Morgan fingerprint density at radius 3 is 2.88 bits per heavy atom. The van der Waals surface area contributed by atoms with Crippen LogP contribution in [0, 0.1) is 5.92 Å². The lowest BCUT2D eigenvalue weighted by molar-refractivity contribution is 0.465. The smallest absolute Gasteiger partial charge is 0.188 e. The monoisotopic (exact) mass is 364 g/mol. The molecule has 0 saturated carbocycles. The molecule has 0 bridgehead atoms. The number of hydrogen-bond acceptors (Lipinski definition) is 5. The molecule has 0 aliphatic carbocycles. The van der Waals surface area contributed by atoms with Crippen molar-refractivity contribution in [2.45, 2.75) is 25.7 Å². The Morgan fingerprint density at radius 1 is 1.04 bits per heavy atom. The third-order valence-electron chi connectivity index (χ3n) is 4.80. The Hall–Kier alpha value is -2.24. The first kappa shape index (κ1) is 17.2. The van der Waals surface area contributed by atoms with Crippen LogP contribution in [0.15, 0.2) is 54.7 Å². The molecule has 0 unspecified atom stereocenters. The molecule has 2 aromatic heterocycles. The van der Waals surface area contributed by atoms with Crippen molar-refractivity contribution in [3.05, 3.63) is 60.4 Å². The highest BCUT2D eigenvalue weighted by molar-refractivity contribution is 7.18. The van der Waals surface area contributed by atoms with Gasteiger partial charge in [0, 0.05) is 11.9 Å². The van der Waals surface area contributed by atoms with Gasteiger partial charge in [-0.2, -0.15) is 0 Å². The van der Waals surface area contributed by atoms with Crippen LogP contribution < -0.4 is 10.6 Å². The van der Waals surface area contributed by atoms with E-state index >= 15 is 0 Å². The van der Waals surface area contributed by atoms with Gasteiger partial charge in [0.05, 0.1) is 4.88 Å². The Kier molecular flexibility index (Phi) is 5.57. The highest BCUT2D eigenvalue weighted by Crippen LogP contribution is 2.30. The lowest BCUT2D eigenvalue weighted by Crippen LogP contribution is -2.14. The third-order valence-corrected chi connectivity index (χ3v) is 5.76. The largest absolute Gasteiger partial charge is 0.317 e. The van der Waals surface area contributed by atoms with Gasteiger partial charge < -0.3 is 10.6 Å². The van der Waals surface area contributed by atoms with E-state index in [2.05, 4.69) is 52.0 Å². The molecule has 0 amide bonds. The van der Waals surface area contributed by atoms with Crippen LogP contribution in [-0.2, 0) is 6.42 Å². The van der Waals surface area contributed by atoms with Crippen LogP contribution in [0.1, 0.15) is 25.0 Å². The van der Waals surface area contributed by atoms with E-state index in [-0.39, 0.29) is 0 Å². The summed E-state index contributed by atoms with van der Waals surface area (Å²) in [6.45, 7) is 2.28. The normalized spacial score (nSPS) is 17.6. The Balaban J connectivity index is 1.43. The summed E-state index contributed by atoms with van der Waals surface area (Å²) in [5.41, 5.74) is 2.36. The average molecular weight is 365 g/mol. The van der Waals surface area contributed by atoms with Gasteiger partial charge in [-0.25, -0.2) is 9.97 Å². The maximum Gasteiger partial charge on any atom is 0.188 e. The van der Waals surface area contributed by atoms with E-state index in [1.165, 1.54) is 30.5 Å². The summed E-state index contributed by atoms with van der Waals surface area (Å²) < 4.78 is 0. The van der Waals surface area contributed by atoms with E-state index in [1.54, 1.807) is 11.3 Å². The van der Waals surface area contributed by atoms with Gasteiger partial charge in [0.1, 0.15) is 5.82 Å². The fourth-order valence-electron chi connectivity index (χ4n) is 3.43. The van der Waals surface area contributed by atoms with Gasteiger partial charge in [-0.05, 0) is 62.4 Å². The van der Waals surface area contributed by atoms with Gasteiger partial charge in [-0.1, -0.05) is 47.7 Å². The number of aromatic nitrogens is 2. The van der Waals surface area contributed by atoms with Crippen LogP contribution in [-0.4, -0.2) is 23.1 Å². The molecule has 1 aromatic carbocycles. The van der Waals surface area contributed by atoms with Crippen LogP contribution >= 0.6 is 11.3 Å². The van der Waals surface area contributed by atoms with Crippen molar-refractivity contribution in [1.29, 1.82) is 0 Å². The zero-order chi connectivity index (χ0) is 17.6. The molecule has 26 heavy (non-hydrogen) atoms. The number of rotatable bonds is 5. The van der Waals surface area contributed by atoms with Crippen LogP contribution in [0.3, 0.4) is 0 Å². The lowest BCUT2D eigenvalue weighted by atomic mass is 9.95. The molecule has 1 saturated heterocycles. The molecule has 0 radical (unpaired) electrons. The van der Waals surface area contributed by atoms with Crippen molar-refractivity contribution < 1.29 is 0 Å². The zero-order valence-electron chi connectivity index (χ0n) is 14.8. The highest BCUT2D eigenvalue weighted by atomic mass is 32.1. The second-order valence-corrected chi connectivity index (χ2v) is 7.82.